The van der Waals surface area contributed by atoms with Crippen molar-refractivity contribution >= 4 is 78.3 Å². The van der Waals surface area contributed by atoms with E-state index in [1.807, 2.05) is 30.3 Å². The Kier molecular flexibility index (Phi) is 5.74. The Morgan fingerprint density at radius 2 is 1.14 bits per heavy atom. The third kappa shape index (κ3) is 3.60. The summed E-state index contributed by atoms with van der Waals surface area (Å²) >= 11 is 0. The number of anilines is 4. The fourth-order valence-electron chi connectivity index (χ4n) is 6.81. The number of benzene rings is 6. The first-order valence-electron chi connectivity index (χ1n) is 14.1. The zero-order chi connectivity index (χ0) is 28.2. The fraction of sp³-hybridized carbons (Fsp3) is 0.0541. The van der Waals surface area contributed by atoms with E-state index >= 15 is 4.57 Å². The summed E-state index contributed by atoms with van der Waals surface area (Å²) in [6, 6.07) is 43.5. The number of hydrogen-bond donors (Lipinski definition) is 0. The van der Waals surface area contributed by atoms with Gasteiger partial charge in [-0.05, 0) is 79.6 Å². The summed E-state index contributed by atoms with van der Waals surface area (Å²) in [6.45, 7) is 0. The van der Waals surface area contributed by atoms with E-state index in [0.717, 1.165) is 82.4 Å². The van der Waals surface area contributed by atoms with Gasteiger partial charge in [0, 0.05) is 44.8 Å². The van der Waals surface area contributed by atoms with Crippen LogP contribution in [0.15, 0.2) is 115 Å². The van der Waals surface area contributed by atoms with Crippen LogP contribution < -0.4 is 25.7 Å². The molecule has 0 N–H and O–H groups in total. The molecular weight excluding hydrogens is 726 g/mol. The third-order valence-electron chi connectivity index (χ3n) is 8.97. The van der Waals surface area contributed by atoms with Crippen molar-refractivity contribution in [1.29, 1.82) is 0 Å². The third-order valence-corrected chi connectivity index (χ3v) is 12.1. The van der Waals surface area contributed by atoms with Crippen molar-refractivity contribution in [1.82, 2.24) is 4.98 Å². The van der Waals surface area contributed by atoms with Crippen LogP contribution in [0.5, 0.6) is 0 Å². The molecule has 43 heavy (non-hydrogen) atoms. The van der Waals surface area contributed by atoms with Gasteiger partial charge in [-0.2, -0.15) is 0 Å². The molecule has 2 aliphatic heterocycles. The largest absolute Gasteiger partial charge is 0.361 e. The predicted molar refractivity (Wildman–Crippen MR) is 177 cm³/mol. The fourth-order valence-corrected chi connectivity index (χ4v) is 10.3. The van der Waals surface area contributed by atoms with Gasteiger partial charge in [0.25, 0.3) is 0 Å². The van der Waals surface area contributed by atoms with Crippen LogP contribution in [0, 0.1) is 6.07 Å². The number of pyridine rings is 1. The van der Waals surface area contributed by atoms with E-state index in [2.05, 4.69) is 115 Å². The van der Waals surface area contributed by atoms with Crippen LogP contribution in [0.25, 0.3) is 43.7 Å². The number of nitrogens with zero attached hydrogens (tertiary/aromatic N) is 3. The minimum Gasteiger partial charge on any atom is -0.361 e. The molecule has 0 spiro atoms. The molecule has 1 radical (unpaired) electrons. The molecule has 0 fully saturated rings. The van der Waals surface area contributed by atoms with E-state index in [9.17, 15) is 0 Å². The number of aromatic nitrogens is 1. The predicted octanol–water partition coefficient (Wildman–Crippen LogP) is 7.81. The molecular formula is C37H25IrN3OP-. The second kappa shape index (κ2) is 9.36. The average molecular weight is 751 g/mol. The molecule has 0 amide bonds. The molecule has 0 bridgehead atoms. The monoisotopic (exact) mass is 751 g/mol. The van der Waals surface area contributed by atoms with Crippen LogP contribution in [-0.2, 0) is 24.7 Å². The number of hydrogen-bond acceptors (Lipinski definition) is 4. The quantitative estimate of drug-likeness (QED) is 0.127. The maximum Gasteiger partial charge on any atom is 0.142 e. The molecule has 1 unspecified atom stereocenters. The topological polar surface area (TPSA) is 36.4 Å². The molecule has 4 nitrogen and oxygen atoms in total. The summed E-state index contributed by atoms with van der Waals surface area (Å²) in [5, 5.41) is 8.14. The number of fused-ring (bicyclic) bond motifs is 7. The maximum atomic E-state index is 16.1. The smallest absolute Gasteiger partial charge is 0.142 e. The molecule has 1 atom stereocenters. The molecule has 0 aliphatic carbocycles. The van der Waals surface area contributed by atoms with Gasteiger partial charge in [-0.3, -0.25) is 4.98 Å². The summed E-state index contributed by atoms with van der Waals surface area (Å²) in [4.78, 5) is 9.38. The van der Waals surface area contributed by atoms with Crippen molar-refractivity contribution in [3.63, 3.8) is 0 Å². The Hall–Kier alpha value is -4.27. The summed E-state index contributed by atoms with van der Waals surface area (Å²) < 4.78 is 16.1. The van der Waals surface area contributed by atoms with E-state index in [1.165, 1.54) is 0 Å². The summed E-state index contributed by atoms with van der Waals surface area (Å²) in [5.74, 6) is 0. The average Bonchev–Trinajstić information content (AvgIpc) is 3.04. The SMILES string of the molecule is CN1c2[c-]c(-c3ccc4ccccc4n3)cc3c2P(=O)(c2cc4ccccc4cc21)c1cc2ccccc2cc1N3C.[Ir]. The van der Waals surface area contributed by atoms with Crippen molar-refractivity contribution in [3.05, 3.63) is 121 Å². The van der Waals surface area contributed by atoms with E-state index in [4.69, 9.17) is 4.98 Å². The van der Waals surface area contributed by atoms with E-state index < -0.39 is 7.14 Å². The molecule has 7 aromatic rings. The Balaban J connectivity index is 0.00000278. The van der Waals surface area contributed by atoms with Gasteiger partial charge in [0.1, 0.15) is 7.14 Å². The van der Waals surface area contributed by atoms with Gasteiger partial charge in [-0.25, -0.2) is 0 Å². The molecule has 0 saturated heterocycles. The van der Waals surface area contributed by atoms with Gasteiger partial charge in [0.05, 0.1) is 16.9 Å². The summed E-state index contributed by atoms with van der Waals surface area (Å²) in [6.07, 6.45) is 0. The van der Waals surface area contributed by atoms with E-state index in [0.29, 0.717) is 0 Å². The van der Waals surface area contributed by atoms with Crippen LogP contribution in [0.3, 0.4) is 0 Å². The molecule has 9 rings (SSSR count). The van der Waals surface area contributed by atoms with Crippen LogP contribution in [0.1, 0.15) is 0 Å². The van der Waals surface area contributed by atoms with Gasteiger partial charge in [0.2, 0.25) is 0 Å². The maximum absolute atomic E-state index is 16.1. The summed E-state index contributed by atoms with van der Waals surface area (Å²) in [7, 11) is 0.866. The van der Waals surface area contributed by atoms with Crippen LogP contribution >= 0.6 is 7.14 Å². The number of rotatable bonds is 1. The van der Waals surface area contributed by atoms with Crippen LogP contribution in [0.2, 0.25) is 0 Å². The normalized spacial score (nSPS) is 16.5. The van der Waals surface area contributed by atoms with Crippen LogP contribution in [-0.4, -0.2) is 19.1 Å². The molecule has 6 aromatic carbocycles. The van der Waals surface area contributed by atoms with Gasteiger partial charge in [0.15, 0.2) is 0 Å². The van der Waals surface area contributed by atoms with Crippen LogP contribution in [0.4, 0.5) is 22.7 Å². The van der Waals surface area contributed by atoms with Crippen molar-refractivity contribution in [2.24, 2.45) is 0 Å². The standard InChI is InChI=1S/C37H25N3OP.Ir/c1-39-31-17-24-10-3-5-12-26(24)21-35(31)42(41)36-22-27-13-6-4-11-25(27)18-32(36)40(2)34-20-28(19-33(39)37(34)42)30-16-15-23-9-7-8-14-29(23)38-30;/h3-19,21-22H,1-2H3;/q-1;. The van der Waals surface area contributed by atoms with Crippen molar-refractivity contribution < 1.29 is 24.7 Å². The Morgan fingerprint density at radius 3 is 1.77 bits per heavy atom. The molecule has 0 saturated carbocycles. The molecule has 2 aliphatic rings. The van der Waals surface area contributed by atoms with E-state index in [-0.39, 0.29) is 20.1 Å². The zero-order valence-electron chi connectivity index (χ0n) is 23.5. The van der Waals surface area contributed by atoms with Gasteiger partial charge >= 0.3 is 0 Å². The minimum absolute atomic E-state index is 0. The number of para-hydroxylation sites is 1. The second-order valence-electron chi connectivity index (χ2n) is 11.3. The summed E-state index contributed by atoms with van der Waals surface area (Å²) in [5.41, 5.74) is 6.38. The molecule has 1 aromatic heterocycles. The van der Waals surface area contributed by atoms with Crippen molar-refractivity contribution in [2.45, 2.75) is 0 Å². The second-order valence-corrected chi connectivity index (χ2v) is 13.9. The minimum atomic E-state index is -3.28. The molecule has 6 heteroatoms. The molecule has 209 valence electrons. The van der Waals surface area contributed by atoms with Crippen molar-refractivity contribution in [2.75, 3.05) is 23.9 Å². The first kappa shape index (κ1) is 26.4. The van der Waals surface area contributed by atoms with Gasteiger partial charge in [-0.1, -0.05) is 78.9 Å². The Morgan fingerprint density at radius 1 is 0.605 bits per heavy atom. The Labute approximate surface area is 263 Å². The zero-order valence-corrected chi connectivity index (χ0v) is 26.8. The molecule has 3 heterocycles. The first-order valence-corrected chi connectivity index (χ1v) is 15.8. The van der Waals surface area contributed by atoms with Gasteiger partial charge < -0.3 is 14.4 Å². The Bertz CT molecular complexity index is 2230. The van der Waals surface area contributed by atoms with Gasteiger partial charge in [-0.15, -0.1) is 17.7 Å². The van der Waals surface area contributed by atoms with Crippen molar-refractivity contribution in [3.8, 4) is 11.3 Å². The van der Waals surface area contributed by atoms with E-state index in [1.54, 1.807) is 0 Å². The first-order chi connectivity index (χ1) is 20.5.